The molecule has 2 N–H and O–H groups in total. The molecule has 8 heteroatoms. The van der Waals surface area contributed by atoms with Gasteiger partial charge in [0, 0.05) is 44.0 Å². The average Bonchev–Trinajstić information content (AvgIpc) is 2.94. The normalized spacial score (nSPS) is 19.3. The fourth-order valence-electron chi connectivity index (χ4n) is 4.12. The summed E-state index contributed by atoms with van der Waals surface area (Å²) in [5.74, 6) is 0.0608. The highest BCUT2D eigenvalue weighted by atomic mass is 16.5. The maximum atomic E-state index is 12.6. The molecule has 1 aromatic carbocycles. The molecule has 2 aliphatic rings. The highest BCUT2D eigenvalue weighted by Gasteiger charge is 2.21. The standard InChI is InChI=1S/C24H39N5O3/c1-24(2,3)26-23(31)19-28-10-4-9-27(11-12-28)18-22(30)25-21-7-5-20(6-8-21)17-29-13-15-32-16-14-29/h5-8H,4,9-19H2,1-3H3,(H,25,30)(H,26,31). The van der Waals surface area contributed by atoms with Crippen LogP contribution in [0.5, 0.6) is 0 Å². The van der Waals surface area contributed by atoms with E-state index in [1.54, 1.807) is 0 Å². The van der Waals surface area contributed by atoms with Gasteiger partial charge < -0.3 is 15.4 Å². The zero-order valence-electron chi connectivity index (χ0n) is 19.9. The van der Waals surface area contributed by atoms with Crippen LogP contribution in [0.25, 0.3) is 0 Å². The lowest BCUT2D eigenvalue weighted by atomic mass is 10.1. The monoisotopic (exact) mass is 445 g/mol. The number of nitrogens with one attached hydrogen (secondary N) is 2. The van der Waals surface area contributed by atoms with Crippen LogP contribution in [0.4, 0.5) is 5.69 Å². The number of carbonyl (C=O) groups excluding carboxylic acids is 2. The Morgan fingerprint density at radius 2 is 1.44 bits per heavy atom. The van der Waals surface area contributed by atoms with Gasteiger partial charge in [-0.1, -0.05) is 12.1 Å². The molecule has 2 saturated heterocycles. The summed E-state index contributed by atoms with van der Waals surface area (Å²) in [4.78, 5) is 31.5. The van der Waals surface area contributed by atoms with E-state index in [0.717, 1.165) is 71.1 Å². The van der Waals surface area contributed by atoms with Crippen molar-refractivity contribution in [3.63, 3.8) is 0 Å². The summed E-state index contributed by atoms with van der Waals surface area (Å²) in [6.07, 6.45) is 0.951. The zero-order valence-corrected chi connectivity index (χ0v) is 19.9. The third-order valence-corrected chi connectivity index (χ3v) is 5.68. The van der Waals surface area contributed by atoms with Gasteiger partial charge in [0.25, 0.3) is 0 Å². The first kappa shape index (κ1) is 24.6. The van der Waals surface area contributed by atoms with E-state index in [0.29, 0.717) is 13.1 Å². The molecule has 32 heavy (non-hydrogen) atoms. The molecular weight excluding hydrogens is 406 g/mol. The number of hydrogen-bond acceptors (Lipinski definition) is 6. The molecule has 0 saturated carbocycles. The van der Waals surface area contributed by atoms with Gasteiger partial charge in [0.15, 0.2) is 0 Å². The number of ether oxygens (including phenoxy) is 1. The lowest BCUT2D eigenvalue weighted by Crippen LogP contribution is -2.46. The Balaban J connectivity index is 1.39. The fourth-order valence-corrected chi connectivity index (χ4v) is 4.12. The summed E-state index contributed by atoms with van der Waals surface area (Å²) < 4.78 is 5.40. The van der Waals surface area contributed by atoms with Crippen LogP contribution in [-0.4, -0.2) is 97.6 Å². The average molecular weight is 446 g/mol. The largest absolute Gasteiger partial charge is 0.379 e. The highest BCUT2D eigenvalue weighted by Crippen LogP contribution is 2.13. The summed E-state index contributed by atoms with van der Waals surface area (Å²) in [5.41, 5.74) is 1.86. The van der Waals surface area contributed by atoms with Crippen molar-refractivity contribution in [2.75, 3.05) is 70.9 Å². The highest BCUT2D eigenvalue weighted by molar-refractivity contribution is 5.92. The summed E-state index contributed by atoms with van der Waals surface area (Å²) >= 11 is 0. The van der Waals surface area contributed by atoms with Crippen LogP contribution < -0.4 is 10.6 Å². The number of hydrogen-bond donors (Lipinski definition) is 2. The summed E-state index contributed by atoms with van der Waals surface area (Å²) in [5, 5.41) is 6.04. The molecule has 8 nitrogen and oxygen atoms in total. The molecule has 1 aromatic rings. The minimum absolute atomic E-state index is 0.00450. The van der Waals surface area contributed by atoms with Crippen LogP contribution in [0.15, 0.2) is 24.3 Å². The third-order valence-electron chi connectivity index (χ3n) is 5.68. The first-order valence-electron chi connectivity index (χ1n) is 11.7. The molecule has 2 aliphatic heterocycles. The Morgan fingerprint density at radius 3 is 2.03 bits per heavy atom. The molecule has 2 heterocycles. The molecule has 0 bridgehead atoms. The molecule has 0 atom stereocenters. The van der Waals surface area contributed by atoms with Gasteiger partial charge in [-0.3, -0.25) is 24.3 Å². The van der Waals surface area contributed by atoms with Crippen molar-refractivity contribution in [3.8, 4) is 0 Å². The Labute approximate surface area is 192 Å². The van der Waals surface area contributed by atoms with Crippen LogP contribution in [0.2, 0.25) is 0 Å². The number of carbonyl (C=O) groups is 2. The second kappa shape index (κ2) is 11.7. The van der Waals surface area contributed by atoms with Crippen LogP contribution in [0.1, 0.15) is 32.8 Å². The quantitative estimate of drug-likeness (QED) is 0.660. The molecule has 178 valence electrons. The number of nitrogens with zero attached hydrogens (tertiary/aromatic N) is 3. The predicted octanol–water partition coefficient (Wildman–Crippen LogP) is 1.38. The molecule has 2 fully saturated rings. The number of benzene rings is 1. The van der Waals surface area contributed by atoms with E-state index in [1.165, 1.54) is 5.56 Å². The zero-order chi connectivity index (χ0) is 23.0. The van der Waals surface area contributed by atoms with Gasteiger partial charge in [-0.05, 0) is 58.0 Å². The lowest BCUT2D eigenvalue weighted by Gasteiger charge is -2.26. The number of amides is 2. The second-order valence-electron chi connectivity index (χ2n) is 9.84. The van der Waals surface area contributed by atoms with Gasteiger partial charge in [0.05, 0.1) is 26.3 Å². The van der Waals surface area contributed by atoms with Crippen LogP contribution in [0, 0.1) is 0 Å². The van der Waals surface area contributed by atoms with E-state index in [1.807, 2.05) is 32.9 Å². The van der Waals surface area contributed by atoms with Crippen molar-refractivity contribution in [1.82, 2.24) is 20.0 Å². The Bertz CT molecular complexity index is 741. The minimum Gasteiger partial charge on any atom is -0.379 e. The first-order chi connectivity index (χ1) is 15.3. The molecule has 0 aromatic heterocycles. The Morgan fingerprint density at radius 1 is 0.844 bits per heavy atom. The molecule has 3 rings (SSSR count). The number of morpholine rings is 1. The van der Waals surface area contributed by atoms with Gasteiger partial charge in [-0.25, -0.2) is 0 Å². The van der Waals surface area contributed by atoms with E-state index in [9.17, 15) is 9.59 Å². The van der Waals surface area contributed by atoms with Crippen molar-refractivity contribution in [2.24, 2.45) is 0 Å². The van der Waals surface area contributed by atoms with E-state index in [2.05, 4.69) is 37.5 Å². The van der Waals surface area contributed by atoms with E-state index in [-0.39, 0.29) is 17.4 Å². The van der Waals surface area contributed by atoms with Crippen LogP contribution in [0.3, 0.4) is 0 Å². The molecule has 0 spiro atoms. The maximum Gasteiger partial charge on any atom is 0.238 e. The van der Waals surface area contributed by atoms with Gasteiger partial charge in [0.2, 0.25) is 11.8 Å². The number of anilines is 1. The predicted molar refractivity (Wildman–Crippen MR) is 127 cm³/mol. The van der Waals surface area contributed by atoms with Gasteiger partial charge >= 0.3 is 0 Å². The van der Waals surface area contributed by atoms with Gasteiger partial charge in [0.1, 0.15) is 0 Å². The number of rotatable bonds is 7. The molecule has 0 aliphatic carbocycles. The fraction of sp³-hybridized carbons (Fsp3) is 0.667. The Hall–Kier alpha value is -2.00. The molecular formula is C24H39N5O3. The van der Waals surface area contributed by atoms with Crippen LogP contribution >= 0.6 is 0 Å². The van der Waals surface area contributed by atoms with Crippen LogP contribution in [-0.2, 0) is 20.9 Å². The summed E-state index contributed by atoms with van der Waals surface area (Å²) in [6.45, 7) is 14.5. The lowest BCUT2D eigenvalue weighted by molar-refractivity contribution is -0.123. The molecule has 0 unspecified atom stereocenters. The van der Waals surface area contributed by atoms with Gasteiger partial charge in [-0.15, -0.1) is 0 Å². The summed E-state index contributed by atoms with van der Waals surface area (Å²) in [6, 6.07) is 8.12. The van der Waals surface area contributed by atoms with Crippen molar-refractivity contribution in [1.29, 1.82) is 0 Å². The van der Waals surface area contributed by atoms with Crippen molar-refractivity contribution < 1.29 is 14.3 Å². The van der Waals surface area contributed by atoms with Crippen molar-refractivity contribution in [2.45, 2.75) is 39.3 Å². The first-order valence-corrected chi connectivity index (χ1v) is 11.7. The summed E-state index contributed by atoms with van der Waals surface area (Å²) in [7, 11) is 0. The SMILES string of the molecule is CC(C)(C)NC(=O)CN1CCCN(CC(=O)Nc2ccc(CN3CCOCC3)cc2)CC1. The third kappa shape index (κ3) is 8.86. The Kier molecular flexibility index (Phi) is 9.04. The van der Waals surface area contributed by atoms with Gasteiger partial charge in [-0.2, -0.15) is 0 Å². The van der Waals surface area contributed by atoms with E-state index in [4.69, 9.17) is 4.74 Å². The molecule has 0 radical (unpaired) electrons. The maximum absolute atomic E-state index is 12.6. The topological polar surface area (TPSA) is 77.2 Å². The smallest absolute Gasteiger partial charge is 0.238 e. The molecule has 2 amide bonds. The van der Waals surface area contributed by atoms with Crippen molar-refractivity contribution >= 4 is 17.5 Å². The van der Waals surface area contributed by atoms with E-state index >= 15 is 0 Å². The van der Waals surface area contributed by atoms with Crippen molar-refractivity contribution in [3.05, 3.63) is 29.8 Å². The minimum atomic E-state index is -0.215. The van der Waals surface area contributed by atoms with E-state index < -0.39 is 0 Å². The second-order valence-corrected chi connectivity index (χ2v) is 9.84.